The van der Waals surface area contributed by atoms with Gasteiger partial charge < -0.3 is 14.7 Å². The molecular weight excluding hydrogens is 759 g/mol. The molecule has 1 aliphatic heterocycles. The molecule has 1 heterocycles. The summed E-state index contributed by atoms with van der Waals surface area (Å²) in [5, 5.41) is 20.7. The summed E-state index contributed by atoms with van der Waals surface area (Å²) in [5.74, 6) is -1.30. The highest BCUT2D eigenvalue weighted by molar-refractivity contribution is 14.1. The third kappa shape index (κ3) is 6.74. The molecule has 0 saturated heterocycles. The van der Waals surface area contributed by atoms with Crippen LogP contribution in [-0.4, -0.2) is 32.8 Å². The lowest BCUT2D eigenvalue weighted by Crippen LogP contribution is -2.48. The summed E-state index contributed by atoms with van der Waals surface area (Å²) >= 11 is 4.07. The molecule has 1 atom stereocenters. The summed E-state index contributed by atoms with van der Waals surface area (Å²) in [5.41, 5.74) is 1.40. The number of nitrogens with zero attached hydrogens (tertiary/aromatic N) is 2. The van der Waals surface area contributed by atoms with E-state index in [1.54, 1.807) is 6.07 Å². The lowest BCUT2D eigenvalue weighted by Gasteiger charge is -2.35. The maximum absolute atomic E-state index is 13.1. The van der Waals surface area contributed by atoms with Crippen molar-refractivity contribution in [3.8, 4) is 5.75 Å². The average molecular weight is 778 g/mol. The predicted octanol–water partition coefficient (Wildman–Crippen LogP) is 6.45. The van der Waals surface area contributed by atoms with Gasteiger partial charge in [-0.1, -0.05) is 12.1 Å². The van der Waals surface area contributed by atoms with Crippen molar-refractivity contribution >= 4 is 68.8 Å². The van der Waals surface area contributed by atoms with E-state index in [-0.39, 0.29) is 25.3 Å². The molecule has 1 N–H and O–H groups in total. The zero-order valence-corrected chi connectivity index (χ0v) is 24.6. The molecule has 0 unspecified atom stereocenters. The number of aliphatic carboxylic acids is 1. The highest BCUT2D eigenvalue weighted by atomic mass is 127. The van der Waals surface area contributed by atoms with Crippen molar-refractivity contribution in [2.24, 2.45) is 0 Å². The number of halogens is 5. The summed E-state index contributed by atoms with van der Waals surface area (Å²) in [6, 6.07) is 11.0. The SMILES string of the molecule is O=C(O)[C@@H]1Cc2cc(I)c(OCc3cccc(C(F)(F)F)c3)c(I)c2CN1C(=O)/C=C/c1ccc([N+](=O)[O-])cc1. The molecular formula is C27H19F3I2N2O6. The molecule has 3 aromatic carbocycles. The first kappa shape index (κ1) is 29.8. The number of fused-ring (bicyclic) bond motifs is 1. The number of carbonyl (C=O) groups is 2. The minimum Gasteiger partial charge on any atom is -0.487 e. The number of hydrogen-bond donors (Lipinski definition) is 1. The van der Waals surface area contributed by atoms with Crippen LogP contribution in [0.15, 0.2) is 60.7 Å². The zero-order chi connectivity index (χ0) is 29.2. The van der Waals surface area contributed by atoms with E-state index in [2.05, 4.69) is 0 Å². The molecule has 0 radical (unpaired) electrons. The molecule has 208 valence electrons. The zero-order valence-electron chi connectivity index (χ0n) is 20.3. The van der Waals surface area contributed by atoms with Crippen LogP contribution < -0.4 is 4.74 Å². The van der Waals surface area contributed by atoms with Gasteiger partial charge in [-0.25, -0.2) is 4.79 Å². The van der Waals surface area contributed by atoms with Crippen molar-refractivity contribution in [1.29, 1.82) is 0 Å². The van der Waals surface area contributed by atoms with Gasteiger partial charge in [-0.3, -0.25) is 14.9 Å². The Morgan fingerprint density at radius 2 is 1.85 bits per heavy atom. The Labute approximate surface area is 253 Å². The minimum atomic E-state index is -4.48. The van der Waals surface area contributed by atoms with E-state index in [9.17, 15) is 38.0 Å². The van der Waals surface area contributed by atoms with Gasteiger partial charge in [0.2, 0.25) is 5.91 Å². The average Bonchev–Trinajstić information content (AvgIpc) is 2.90. The summed E-state index contributed by atoms with van der Waals surface area (Å²) in [4.78, 5) is 36.7. The van der Waals surface area contributed by atoms with Crippen LogP contribution >= 0.6 is 45.2 Å². The molecule has 13 heteroatoms. The number of carbonyl (C=O) groups excluding carboxylic acids is 1. The van der Waals surface area contributed by atoms with Crippen molar-refractivity contribution in [2.75, 3.05) is 0 Å². The van der Waals surface area contributed by atoms with Crippen molar-refractivity contribution in [2.45, 2.75) is 31.8 Å². The van der Waals surface area contributed by atoms with E-state index < -0.39 is 34.6 Å². The molecule has 0 spiro atoms. The van der Waals surface area contributed by atoms with Gasteiger partial charge in [-0.05, 0) is 104 Å². The van der Waals surface area contributed by atoms with E-state index in [0.717, 1.165) is 17.7 Å². The number of hydrogen-bond acceptors (Lipinski definition) is 5. The van der Waals surface area contributed by atoms with Crippen molar-refractivity contribution in [1.82, 2.24) is 4.90 Å². The second-order valence-electron chi connectivity index (χ2n) is 8.83. The maximum atomic E-state index is 13.1. The van der Waals surface area contributed by atoms with Gasteiger partial charge in [-0.2, -0.15) is 13.2 Å². The van der Waals surface area contributed by atoms with E-state index >= 15 is 0 Å². The molecule has 0 saturated carbocycles. The Hall–Kier alpha value is -3.21. The monoisotopic (exact) mass is 778 g/mol. The summed E-state index contributed by atoms with van der Waals surface area (Å²) < 4.78 is 46.5. The number of nitro groups is 1. The fourth-order valence-corrected chi connectivity index (χ4v) is 6.47. The molecule has 1 aliphatic rings. The summed E-state index contributed by atoms with van der Waals surface area (Å²) in [7, 11) is 0. The van der Waals surface area contributed by atoms with Gasteiger partial charge in [0.25, 0.3) is 5.69 Å². The summed E-state index contributed by atoms with van der Waals surface area (Å²) in [6.45, 7) is -0.141. The molecule has 40 heavy (non-hydrogen) atoms. The van der Waals surface area contributed by atoms with Crippen LogP contribution in [0.2, 0.25) is 0 Å². The Morgan fingerprint density at radius 3 is 2.48 bits per heavy atom. The Morgan fingerprint density at radius 1 is 1.15 bits per heavy atom. The molecule has 0 bridgehead atoms. The van der Waals surface area contributed by atoms with Crippen LogP contribution in [-0.2, 0) is 35.3 Å². The topological polar surface area (TPSA) is 110 Å². The highest BCUT2D eigenvalue weighted by Gasteiger charge is 2.36. The number of non-ortho nitro benzene ring substituents is 1. The molecule has 0 fully saturated rings. The first-order valence-electron chi connectivity index (χ1n) is 11.6. The molecule has 0 aliphatic carbocycles. The van der Waals surface area contributed by atoms with Gasteiger partial charge >= 0.3 is 12.1 Å². The second-order valence-corrected chi connectivity index (χ2v) is 11.1. The molecule has 8 nitrogen and oxygen atoms in total. The van der Waals surface area contributed by atoms with Crippen LogP contribution in [0.3, 0.4) is 0 Å². The van der Waals surface area contributed by atoms with Crippen LogP contribution in [0.5, 0.6) is 5.75 Å². The lowest BCUT2D eigenvalue weighted by atomic mass is 9.93. The Kier molecular flexibility index (Phi) is 9.02. The maximum Gasteiger partial charge on any atom is 0.416 e. The highest BCUT2D eigenvalue weighted by Crippen LogP contribution is 2.38. The number of carboxylic acid groups (broad SMARTS) is 1. The van der Waals surface area contributed by atoms with E-state index in [1.165, 1.54) is 53.5 Å². The Bertz CT molecular complexity index is 1510. The minimum absolute atomic E-state index is 0.0230. The number of ether oxygens (including phenoxy) is 1. The van der Waals surface area contributed by atoms with Crippen LogP contribution in [0.1, 0.15) is 27.8 Å². The smallest absolute Gasteiger partial charge is 0.416 e. The normalized spacial score (nSPS) is 15.1. The van der Waals surface area contributed by atoms with Gasteiger partial charge in [0.05, 0.1) is 17.6 Å². The van der Waals surface area contributed by atoms with Crippen LogP contribution in [0.4, 0.5) is 18.9 Å². The molecule has 4 rings (SSSR count). The Balaban J connectivity index is 1.57. The number of nitro benzene ring substituents is 1. The predicted molar refractivity (Wildman–Crippen MR) is 155 cm³/mol. The first-order chi connectivity index (χ1) is 18.8. The van der Waals surface area contributed by atoms with E-state index in [4.69, 9.17) is 4.74 Å². The van der Waals surface area contributed by atoms with Gasteiger partial charge in [0.1, 0.15) is 18.4 Å². The van der Waals surface area contributed by atoms with Crippen molar-refractivity contribution in [3.05, 3.63) is 106 Å². The first-order valence-corrected chi connectivity index (χ1v) is 13.8. The molecule has 3 aromatic rings. The molecule has 1 amide bonds. The summed E-state index contributed by atoms with van der Waals surface area (Å²) in [6.07, 6.45) is -1.76. The number of amides is 1. The number of rotatable bonds is 7. The van der Waals surface area contributed by atoms with Crippen LogP contribution in [0.25, 0.3) is 6.08 Å². The number of alkyl halides is 3. The fourth-order valence-electron chi connectivity index (χ4n) is 4.19. The lowest BCUT2D eigenvalue weighted by molar-refractivity contribution is -0.384. The van der Waals surface area contributed by atoms with Gasteiger partial charge in [-0.15, -0.1) is 0 Å². The van der Waals surface area contributed by atoms with Gasteiger partial charge in [0, 0.05) is 31.2 Å². The van der Waals surface area contributed by atoms with Crippen molar-refractivity contribution in [3.63, 3.8) is 0 Å². The third-order valence-corrected chi connectivity index (χ3v) is 8.16. The van der Waals surface area contributed by atoms with E-state index in [1.807, 2.05) is 45.2 Å². The standard InChI is InChI=1S/C27H19F3I2N2O6/c28-27(29,30)18-3-1-2-16(10-18)14-40-25-21(31)11-17-12-22(26(36)37)33(13-20(17)24(25)32)23(35)9-6-15-4-7-19(8-5-15)34(38)39/h1-11,22H,12-14H2,(H,36,37)/b9-6+/t22-/m0/s1. The number of benzene rings is 3. The van der Waals surface area contributed by atoms with Crippen molar-refractivity contribution < 1.29 is 37.5 Å². The second kappa shape index (κ2) is 12.1. The fraction of sp³-hybridized carbons (Fsp3) is 0.185. The molecule has 0 aromatic heterocycles. The van der Waals surface area contributed by atoms with Crippen LogP contribution in [0, 0.1) is 17.3 Å². The number of carboxylic acids is 1. The quantitative estimate of drug-likeness (QED) is 0.128. The largest absolute Gasteiger partial charge is 0.487 e. The third-order valence-electron chi connectivity index (χ3n) is 6.22. The van der Waals surface area contributed by atoms with Gasteiger partial charge in [0.15, 0.2) is 0 Å². The van der Waals surface area contributed by atoms with E-state index in [0.29, 0.717) is 29.6 Å².